The summed E-state index contributed by atoms with van der Waals surface area (Å²) in [6, 6.07) is 5.49. The summed E-state index contributed by atoms with van der Waals surface area (Å²) >= 11 is 9.61. The van der Waals surface area contributed by atoms with Gasteiger partial charge in [-0.2, -0.15) is 11.8 Å². The van der Waals surface area contributed by atoms with E-state index in [2.05, 4.69) is 21.8 Å². The average molecular weight is 590 g/mol. The molecule has 1 aromatic carbocycles. The van der Waals surface area contributed by atoms with Crippen molar-refractivity contribution in [3.8, 4) is 0 Å². The van der Waals surface area contributed by atoms with E-state index in [0.717, 1.165) is 65.5 Å². The summed E-state index contributed by atoms with van der Waals surface area (Å²) in [6.45, 7) is 8.25. The molecule has 9 heteroatoms. The van der Waals surface area contributed by atoms with E-state index in [-0.39, 0.29) is 29.9 Å². The second kappa shape index (κ2) is 14.8. The van der Waals surface area contributed by atoms with E-state index in [1.165, 1.54) is 24.7 Å². The van der Waals surface area contributed by atoms with Gasteiger partial charge in [0.1, 0.15) is 5.78 Å². The zero-order valence-electron chi connectivity index (χ0n) is 22.9. The van der Waals surface area contributed by atoms with Crippen LogP contribution in [0.1, 0.15) is 63.3 Å². The third kappa shape index (κ3) is 9.13. The molecule has 39 heavy (non-hydrogen) atoms. The highest BCUT2D eigenvalue weighted by atomic mass is 35.5. The summed E-state index contributed by atoms with van der Waals surface area (Å²) in [5.74, 6) is 2.02. The van der Waals surface area contributed by atoms with Crippen LogP contribution in [-0.4, -0.2) is 64.5 Å². The van der Waals surface area contributed by atoms with Crippen molar-refractivity contribution in [2.75, 3.05) is 31.1 Å². The molecule has 0 unspecified atom stereocenters. The zero-order valence-corrected chi connectivity index (χ0v) is 25.3. The zero-order chi connectivity index (χ0) is 27.8. The first-order chi connectivity index (χ1) is 18.8. The third-order valence-corrected chi connectivity index (χ3v) is 10.1. The first-order valence-electron chi connectivity index (χ1n) is 14.1. The molecule has 2 heterocycles. The minimum atomic E-state index is -0.493. The molecule has 1 saturated carbocycles. The average Bonchev–Trinajstić information content (AvgIpc) is 3.32. The maximum atomic E-state index is 13.6. The van der Waals surface area contributed by atoms with Crippen LogP contribution < -0.4 is 5.32 Å². The summed E-state index contributed by atoms with van der Waals surface area (Å²) in [7, 11) is 0. The molecule has 2 aromatic rings. The van der Waals surface area contributed by atoms with Gasteiger partial charge in [-0.05, 0) is 50.3 Å². The second-order valence-corrected chi connectivity index (χ2v) is 13.8. The van der Waals surface area contributed by atoms with Crippen molar-refractivity contribution in [3.63, 3.8) is 0 Å². The molecule has 0 radical (unpaired) electrons. The van der Waals surface area contributed by atoms with E-state index in [1.807, 2.05) is 30.0 Å². The number of fused-ring (bicyclic) bond motifs is 1. The van der Waals surface area contributed by atoms with Gasteiger partial charge in [-0.3, -0.25) is 14.5 Å². The molecule has 212 valence electrons. The van der Waals surface area contributed by atoms with E-state index in [9.17, 15) is 14.4 Å². The molecule has 1 aliphatic carbocycles. The summed E-state index contributed by atoms with van der Waals surface area (Å²) in [5, 5.41) is 4.78. The summed E-state index contributed by atoms with van der Waals surface area (Å²) in [5.41, 5.74) is 1.52. The predicted molar refractivity (Wildman–Crippen MR) is 163 cm³/mol. The summed E-state index contributed by atoms with van der Waals surface area (Å²) in [4.78, 5) is 45.8. The Labute approximate surface area is 245 Å². The molecule has 2 fully saturated rings. The number of carbonyl (C=O) groups excluding carboxylic acids is 3. The topological polar surface area (TPSA) is 79.4 Å². The molecule has 1 aromatic heterocycles. The van der Waals surface area contributed by atoms with Crippen molar-refractivity contribution in [1.29, 1.82) is 0 Å². The maximum Gasteiger partial charge on any atom is 0.224 e. The smallest absolute Gasteiger partial charge is 0.224 e. The van der Waals surface area contributed by atoms with Gasteiger partial charge in [0.05, 0.1) is 21.1 Å². The molecule has 2 aliphatic rings. The quantitative estimate of drug-likeness (QED) is 0.284. The predicted octanol–water partition coefficient (Wildman–Crippen LogP) is 6.11. The van der Waals surface area contributed by atoms with Crippen molar-refractivity contribution in [2.24, 2.45) is 11.8 Å². The van der Waals surface area contributed by atoms with Gasteiger partial charge in [0.15, 0.2) is 5.78 Å². The normalized spacial score (nSPS) is 18.5. The lowest BCUT2D eigenvalue weighted by molar-refractivity contribution is -0.130. The fraction of sp³-hybridized carbons (Fsp3) is 0.600. The van der Waals surface area contributed by atoms with Crippen LogP contribution in [0.5, 0.6) is 0 Å². The Morgan fingerprint density at radius 2 is 1.92 bits per heavy atom. The number of hydrogen-bond acceptors (Lipinski definition) is 7. The molecule has 1 amide bonds. The van der Waals surface area contributed by atoms with E-state index in [1.54, 1.807) is 0 Å². The van der Waals surface area contributed by atoms with E-state index in [4.69, 9.17) is 11.6 Å². The fourth-order valence-electron chi connectivity index (χ4n) is 5.69. The molecular formula is C30H40ClN3O3S2. The number of benzene rings is 1. The van der Waals surface area contributed by atoms with Crippen molar-refractivity contribution < 1.29 is 14.4 Å². The Hall–Kier alpha value is -1.74. The van der Waals surface area contributed by atoms with Crippen LogP contribution in [0.15, 0.2) is 30.4 Å². The summed E-state index contributed by atoms with van der Waals surface area (Å²) in [6.07, 6.45) is 7.20. The van der Waals surface area contributed by atoms with Crippen molar-refractivity contribution in [1.82, 2.24) is 15.2 Å². The molecule has 0 spiro atoms. The first kappa shape index (κ1) is 30.2. The van der Waals surface area contributed by atoms with Crippen LogP contribution in [0.25, 0.3) is 10.2 Å². The summed E-state index contributed by atoms with van der Waals surface area (Å²) < 4.78 is 0.974. The van der Waals surface area contributed by atoms with E-state index >= 15 is 0 Å². The number of carbonyl (C=O) groups is 3. The Morgan fingerprint density at radius 1 is 1.18 bits per heavy atom. The molecule has 1 saturated heterocycles. The van der Waals surface area contributed by atoms with Crippen molar-refractivity contribution in [3.05, 3.63) is 40.4 Å². The number of aromatic nitrogens is 1. The number of rotatable bonds is 13. The van der Waals surface area contributed by atoms with Gasteiger partial charge in [-0.1, -0.05) is 37.4 Å². The standard InChI is InChI=1S/C30H40ClN3O3S2/c1-20(19-34-12-14-38-15-13-34)27(36)11-10-25(22-6-4-3-5-7-22)33-30(37)23(16-21(2)35)17-29-32-26-9-8-24(31)18-28(26)39-29/h8-9,18,22-23,25H,1,3-7,10-17,19H2,2H3,(H,33,37)/t23-,25+/m0/s1. The Bertz CT molecular complexity index is 1170. The van der Waals surface area contributed by atoms with Crippen LogP contribution in [0, 0.1) is 11.8 Å². The molecule has 1 aliphatic heterocycles. The van der Waals surface area contributed by atoms with Crippen LogP contribution in [0.3, 0.4) is 0 Å². The number of Topliss-reactive ketones (excluding diaryl/α,β-unsaturated/α-hetero) is 2. The number of ketones is 2. The van der Waals surface area contributed by atoms with E-state index in [0.29, 0.717) is 42.3 Å². The van der Waals surface area contributed by atoms with Crippen LogP contribution in [0.2, 0.25) is 5.02 Å². The van der Waals surface area contributed by atoms with Crippen LogP contribution in [0.4, 0.5) is 0 Å². The maximum absolute atomic E-state index is 13.6. The number of nitrogens with zero attached hydrogens (tertiary/aromatic N) is 2. The first-order valence-corrected chi connectivity index (χ1v) is 16.5. The fourth-order valence-corrected chi connectivity index (χ4v) is 7.99. The molecule has 0 bridgehead atoms. The Morgan fingerprint density at radius 3 is 2.64 bits per heavy atom. The van der Waals surface area contributed by atoms with Crippen LogP contribution in [-0.2, 0) is 20.8 Å². The third-order valence-electron chi connectivity index (χ3n) is 7.86. The highest BCUT2D eigenvalue weighted by Crippen LogP contribution is 2.30. The number of thioether (sulfide) groups is 1. The van der Waals surface area contributed by atoms with Gasteiger partial charge >= 0.3 is 0 Å². The highest BCUT2D eigenvalue weighted by Gasteiger charge is 2.30. The molecule has 6 nitrogen and oxygen atoms in total. The largest absolute Gasteiger partial charge is 0.353 e. The lowest BCUT2D eigenvalue weighted by atomic mass is 9.81. The number of hydrogen-bond donors (Lipinski definition) is 1. The van der Waals surface area contributed by atoms with Gasteiger partial charge in [-0.25, -0.2) is 4.98 Å². The highest BCUT2D eigenvalue weighted by molar-refractivity contribution is 7.99. The lowest BCUT2D eigenvalue weighted by Gasteiger charge is -2.32. The number of nitrogens with one attached hydrogen (secondary N) is 1. The van der Waals surface area contributed by atoms with Gasteiger partial charge in [0, 0.05) is 67.0 Å². The van der Waals surface area contributed by atoms with Gasteiger partial charge < -0.3 is 10.1 Å². The number of thiazole rings is 1. The van der Waals surface area contributed by atoms with Crippen LogP contribution >= 0.6 is 34.7 Å². The second-order valence-electron chi connectivity index (χ2n) is 11.0. The molecule has 2 atom stereocenters. The van der Waals surface area contributed by atoms with Crippen molar-refractivity contribution in [2.45, 2.75) is 70.8 Å². The van der Waals surface area contributed by atoms with Crippen molar-refractivity contribution >= 4 is 62.4 Å². The van der Waals surface area contributed by atoms with Gasteiger partial charge in [0.25, 0.3) is 0 Å². The van der Waals surface area contributed by atoms with Gasteiger partial charge in [0.2, 0.25) is 5.91 Å². The monoisotopic (exact) mass is 589 g/mol. The Kier molecular flexibility index (Phi) is 11.4. The minimum Gasteiger partial charge on any atom is -0.353 e. The number of halogens is 1. The van der Waals surface area contributed by atoms with Gasteiger partial charge in [-0.15, -0.1) is 11.3 Å². The molecule has 4 rings (SSSR count). The molecule has 1 N–H and O–H groups in total. The lowest BCUT2D eigenvalue weighted by Crippen LogP contribution is -2.45. The van der Waals surface area contributed by atoms with E-state index < -0.39 is 5.92 Å². The number of amides is 1. The SMILES string of the molecule is C=C(CN1CCSCC1)C(=O)CC[C@@H](NC(=O)[C@@H](CC(C)=O)Cc1nc2ccc(Cl)cc2s1)C1CCCCC1. The molecular weight excluding hydrogens is 550 g/mol. The Balaban J connectivity index is 1.41. The minimum absolute atomic E-state index is 0.0175.